The van der Waals surface area contributed by atoms with Gasteiger partial charge in [-0.15, -0.1) is 0 Å². The van der Waals surface area contributed by atoms with Crippen molar-refractivity contribution in [2.24, 2.45) is 0 Å². The molecule has 11 nitrogen and oxygen atoms in total. The van der Waals surface area contributed by atoms with Crippen LogP contribution in [0.3, 0.4) is 0 Å². The molecule has 0 saturated heterocycles. The van der Waals surface area contributed by atoms with Crippen molar-refractivity contribution in [3.63, 3.8) is 0 Å². The summed E-state index contributed by atoms with van der Waals surface area (Å²) in [5.74, 6) is -6.32. The molecule has 0 rings (SSSR count). The number of carbonyl (C=O) groups is 4. The van der Waals surface area contributed by atoms with Gasteiger partial charge >= 0.3 is 7.82 Å². The van der Waals surface area contributed by atoms with Crippen LogP contribution in [-0.4, -0.2) is 72.2 Å². The number of rotatable bonds is 9. The van der Waals surface area contributed by atoms with Gasteiger partial charge in [-0.1, -0.05) is 0 Å². The monoisotopic (exact) mass is 356 g/mol. The fraction of sp³-hybridized carbons (Fsp3) is 0.636. The Bertz CT molecular complexity index is 579. The Labute approximate surface area is 130 Å². The summed E-state index contributed by atoms with van der Waals surface area (Å²) in [4.78, 5) is 63.4. The van der Waals surface area contributed by atoms with Crippen molar-refractivity contribution in [3.8, 4) is 0 Å². The summed E-state index contributed by atoms with van der Waals surface area (Å²) in [6.07, 6.45) is -2.61. The molecule has 132 valence electrons. The first kappa shape index (κ1) is 21.7. The normalized spacial score (nSPS) is 18.4. The minimum absolute atomic E-state index is 0.575. The number of hydrogen-bond acceptors (Lipinski definition) is 9. The summed E-state index contributed by atoms with van der Waals surface area (Å²) < 4.78 is 14.5. The first-order chi connectivity index (χ1) is 10.1. The molecule has 23 heavy (non-hydrogen) atoms. The van der Waals surface area contributed by atoms with Crippen molar-refractivity contribution in [1.29, 1.82) is 0 Å². The van der Waals surface area contributed by atoms with Crippen molar-refractivity contribution in [2.45, 2.75) is 38.1 Å². The van der Waals surface area contributed by atoms with E-state index in [4.69, 9.17) is 9.79 Å². The molecule has 0 amide bonds. The van der Waals surface area contributed by atoms with E-state index in [0.29, 0.717) is 20.8 Å². The smallest absolute Gasteiger partial charge is 0.387 e. The molecule has 0 aromatic heterocycles. The number of phosphoric acid groups is 1. The van der Waals surface area contributed by atoms with Crippen LogP contribution in [0, 0.1) is 0 Å². The highest BCUT2D eigenvalue weighted by Gasteiger charge is 2.65. The summed E-state index contributed by atoms with van der Waals surface area (Å²) in [7, 11) is -5.14. The predicted molar refractivity (Wildman–Crippen MR) is 71.0 cm³/mol. The third-order valence-electron chi connectivity index (χ3n) is 3.13. The third kappa shape index (κ3) is 4.15. The lowest BCUT2D eigenvalue weighted by Gasteiger charge is -2.40. The topological polar surface area (TPSA) is 196 Å². The van der Waals surface area contributed by atoms with Gasteiger partial charge in [0.25, 0.3) is 0 Å². The fourth-order valence-electron chi connectivity index (χ4n) is 1.87. The molecular weight excluding hydrogens is 339 g/mol. The Kier molecular flexibility index (Phi) is 6.65. The molecule has 0 aliphatic rings. The zero-order valence-electron chi connectivity index (χ0n) is 12.4. The lowest BCUT2D eigenvalue weighted by atomic mass is 9.70. The van der Waals surface area contributed by atoms with Crippen LogP contribution < -0.4 is 0 Å². The molecule has 0 bridgehead atoms. The first-order valence-electron chi connectivity index (χ1n) is 6.02. The quantitative estimate of drug-likeness (QED) is 0.163. The Morgan fingerprint density at radius 2 is 1.48 bits per heavy atom. The maximum atomic E-state index is 11.8. The van der Waals surface area contributed by atoms with Gasteiger partial charge in [0.15, 0.2) is 23.0 Å². The molecule has 0 spiro atoms. The summed E-state index contributed by atoms with van der Waals surface area (Å²) in [6.45, 7) is 0.393. The summed E-state index contributed by atoms with van der Waals surface area (Å²) >= 11 is 0. The van der Waals surface area contributed by atoms with E-state index >= 15 is 0 Å². The molecule has 0 saturated carbocycles. The van der Waals surface area contributed by atoms with Gasteiger partial charge in [0.05, 0.1) is 6.61 Å². The van der Waals surface area contributed by atoms with Gasteiger partial charge in [-0.05, 0) is 13.8 Å². The predicted octanol–water partition coefficient (Wildman–Crippen LogP) is -2.75. The van der Waals surface area contributed by atoms with Crippen LogP contribution in [0.5, 0.6) is 0 Å². The van der Waals surface area contributed by atoms with Gasteiger partial charge in [0, 0.05) is 6.92 Å². The van der Waals surface area contributed by atoms with Crippen LogP contribution in [0.1, 0.15) is 20.8 Å². The van der Waals surface area contributed by atoms with Gasteiger partial charge in [-0.3, -0.25) is 23.7 Å². The average Bonchev–Trinajstić information content (AvgIpc) is 2.40. The van der Waals surface area contributed by atoms with E-state index < -0.39 is 54.9 Å². The molecule has 5 N–H and O–H groups in total. The van der Waals surface area contributed by atoms with Gasteiger partial charge in [0.2, 0.25) is 11.4 Å². The minimum Gasteiger partial charge on any atom is -0.387 e. The van der Waals surface area contributed by atoms with Crippen LogP contribution in [0.25, 0.3) is 0 Å². The number of ketones is 4. The van der Waals surface area contributed by atoms with Crippen molar-refractivity contribution >= 4 is 31.0 Å². The Morgan fingerprint density at radius 1 is 1.04 bits per heavy atom. The van der Waals surface area contributed by atoms with Crippen LogP contribution in [0.2, 0.25) is 0 Å². The SMILES string of the molecule is CC(=O)C(=O)[C@@](O)(C(C)=O)[C@@](O)(C(C)=O)[C@H](O)COP(=O)(O)O. The van der Waals surface area contributed by atoms with E-state index in [0.717, 1.165) is 0 Å². The highest BCUT2D eigenvalue weighted by atomic mass is 31.2. The van der Waals surface area contributed by atoms with Crippen LogP contribution >= 0.6 is 7.82 Å². The summed E-state index contributed by atoms with van der Waals surface area (Å²) in [6, 6.07) is 0. The second-order valence-corrected chi connectivity index (χ2v) is 6.02. The van der Waals surface area contributed by atoms with Crippen LogP contribution in [-0.2, 0) is 28.3 Å². The number of aliphatic hydroxyl groups is 3. The minimum atomic E-state index is -5.14. The van der Waals surface area contributed by atoms with Gasteiger partial charge in [-0.25, -0.2) is 4.57 Å². The molecule has 0 aliphatic heterocycles. The van der Waals surface area contributed by atoms with E-state index in [9.17, 15) is 39.1 Å². The Morgan fingerprint density at radius 3 is 1.74 bits per heavy atom. The molecule has 0 aromatic carbocycles. The zero-order chi connectivity index (χ0) is 18.8. The first-order valence-corrected chi connectivity index (χ1v) is 7.55. The fourth-order valence-corrected chi connectivity index (χ4v) is 2.21. The molecule has 0 aromatic rings. The molecule has 0 fully saturated rings. The maximum Gasteiger partial charge on any atom is 0.469 e. The lowest BCUT2D eigenvalue weighted by molar-refractivity contribution is -0.207. The largest absolute Gasteiger partial charge is 0.469 e. The van der Waals surface area contributed by atoms with Gasteiger partial charge in [-0.2, -0.15) is 0 Å². The van der Waals surface area contributed by atoms with Crippen LogP contribution in [0.15, 0.2) is 0 Å². The van der Waals surface area contributed by atoms with Crippen molar-refractivity contribution in [3.05, 3.63) is 0 Å². The van der Waals surface area contributed by atoms with E-state index in [1.165, 1.54) is 0 Å². The Hall–Kier alpha value is -1.33. The second kappa shape index (κ2) is 7.05. The van der Waals surface area contributed by atoms with Gasteiger partial charge < -0.3 is 25.1 Å². The van der Waals surface area contributed by atoms with E-state index in [2.05, 4.69) is 4.52 Å². The van der Waals surface area contributed by atoms with Crippen molar-refractivity contribution < 1.29 is 53.4 Å². The third-order valence-corrected chi connectivity index (χ3v) is 3.61. The number of hydrogen-bond donors (Lipinski definition) is 5. The van der Waals surface area contributed by atoms with Gasteiger partial charge in [0.1, 0.15) is 6.10 Å². The van der Waals surface area contributed by atoms with E-state index in [1.807, 2.05) is 0 Å². The number of aliphatic hydroxyl groups excluding tert-OH is 1. The molecule has 0 radical (unpaired) electrons. The van der Waals surface area contributed by atoms with Crippen molar-refractivity contribution in [1.82, 2.24) is 0 Å². The molecular formula is C11H17O11P. The number of Topliss-reactive ketones (excluding diaryl/α,β-unsaturated/α-hetero) is 4. The number of phosphoric ester groups is 1. The average molecular weight is 356 g/mol. The van der Waals surface area contributed by atoms with Crippen molar-refractivity contribution in [2.75, 3.05) is 6.61 Å². The standard InChI is InChI=1S/C11H17O11P/c1-5(12)9(16)11(18,7(3)14)10(17,6(2)13)8(15)4-22-23(19,20)21/h8,15,17-18H,4H2,1-3H3,(H2,19,20,21)/t8-,10-,11+/m1/s1. The van der Waals surface area contributed by atoms with Crippen LogP contribution in [0.4, 0.5) is 0 Å². The second-order valence-electron chi connectivity index (χ2n) is 4.78. The molecule has 12 heteroatoms. The molecule has 0 heterocycles. The van der Waals surface area contributed by atoms with E-state index in [1.54, 1.807) is 0 Å². The van der Waals surface area contributed by atoms with E-state index in [-0.39, 0.29) is 0 Å². The molecule has 3 atom stereocenters. The zero-order valence-corrected chi connectivity index (χ0v) is 13.3. The maximum absolute atomic E-state index is 11.8. The highest BCUT2D eigenvalue weighted by molar-refractivity contribution is 7.46. The molecule has 0 unspecified atom stereocenters. The number of carbonyl (C=O) groups excluding carboxylic acids is 4. The lowest BCUT2D eigenvalue weighted by Crippen LogP contribution is -2.73. The summed E-state index contributed by atoms with van der Waals surface area (Å²) in [5.41, 5.74) is -7.21. The summed E-state index contributed by atoms with van der Waals surface area (Å²) in [5, 5.41) is 30.3. The molecule has 0 aliphatic carbocycles. The Balaban J connectivity index is 6.12. The highest BCUT2D eigenvalue weighted by Crippen LogP contribution is 2.38.